The second kappa shape index (κ2) is 12.7. The van der Waals surface area contributed by atoms with Crippen molar-refractivity contribution >= 4 is 52.5 Å². The fourth-order valence-corrected chi connectivity index (χ4v) is 6.64. The van der Waals surface area contributed by atoms with E-state index in [1.54, 1.807) is 53.6 Å². The summed E-state index contributed by atoms with van der Waals surface area (Å²) in [6, 6.07) is 21.2. The first-order chi connectivity index (χ1) is 24.8. The Bertz CT molecular complexity index is 2190. The molecular formula is C39H33N5O7. The van der Waals surface area contributed by atoms with Gasteiger partial charge in [-0.2, -0.15) is 0 Å². The molecule has 0 aliphatic carbocycles. The second-order valence-corrected chi connectivity index (χ2v) is 12.4. The number of rotatable bonds is 8. The molecule has 4 aromatic rings. The molecule has 4 heterocycles. The Labute approximate surface area is 293 Å². The molecule has 0 aromatic heterocycles. The molecule has 0 radical (unpaired) electrons. The monoisotopic (exact) mass is 683 g/mol. The molecule has 12 heteroatoms. The van der Waals surface area contributed by atoms with Gasteiger partial charge < -0.3 is 29.7 Å². The molecule has 0 saturated carbocycles. The summed E-state index contributed by atoms with van der Waals surface area (Å²) in [5, 5.41) is 0. The number of aliphatic imine (C=N–C) groups is 2. The zero-order valence-corrected chi connectivity index (χ0v) is 28.0. The van der Waals surface area contributed by atoms with Crippen LogP contribution in [-0.2, 0) is 0 Å². The maximum Gasteiger partial charge on any atom is 0.260 e. The van der Waals surface area contributed by atoms with Crippen LogP contribution in [0.2, 0.25) is 0 Å². The lowest BCUT2D eigenvalue weighted by Gasteiger charge is -2.19. The highest BCUT2D eigenvalue weighted by Gasteiger charge is 2.35. The van der Waals surface area contributed by atoms with E-state index in [0.717, 1.165) is 28.0 Å². The number of amides is 2. The zero-order chi connectivity index (χ0) is 35.2. The van der Waals surface area contributed by atoms with Crippen molar-refractivity contribution in [3.63, 3.8) is 0 Å². The van der Waals surface area contributed by atoms with Gasteiger partial charge in [0, 0.05) is 55.5 Å². The van der Waals surface area contributed by atoms with E-state index in [-0.39, 0.29) is 46.9 Å². The van der Waals surface area contributed by atoms with Crippen molar-refractivity contribution in [2.45, 2.75) is 24.9 Å². The first kappa shape index (κ1) is 31.7. The van der Waals surface area contributed by atoms with Gasteiger partial charge in [0.05, 0.1) is 55.9 Å². The first-order valence-electron chi connectivity index (χ1n) is 16.3. The van der Waals surface area contributed by atoms with E-state index in [4.69, 9.17) is 29.7 Å². The van der Waals surface area contributed by atoms with Crippen molar-refractivity contribution < 1.29 is 33.6 Å². The van der Waals surface area contributed by atoms with Gasteiger partial charge in [0.25, 0.3) is 11.8 Å². The molecule has 2 atom stereocenters. The molecule has 0 saturated heterocycles. The highest BCUT2D eigenvalue weighted by molar-refractivity contribution is 6.06. The average Bonchev–Trinajstić information content (AvgIpc) is 3.74. The number of ether oxygens (including phenoxy) is 3. The molecule has 4 aromatic carbocycles. The van der Waals surface area contributed by atoms with Gasteiger partial charge in [0.15, 0.2) is 11.5 Å². The first-order valence-corrected chi connectivity index (χ1v) is 16.3. The lowest BCUT2D eigenvalue weighted by Crippen LogP contribution is -2.32. The Kier molecular flexibility index (Phi) is 7.90. The van der Waals surface area contributed by atoms with Crippen LogP contribution in [0.25, 0.3) is 11.1 Å². The normalized spacial score (nSPS) is 18.5. The minimum atomic E-state index is -0.253. The molecule has 0 bridgehead atoms. The molecule has 12 nitrogen and oxygen atoms in total. The zero-order valence-electron chi connectivity index (χ0n) is 28.0. The Morgan fingerprint density at radius 2 is 1.06 bits per heavy atom. The number of carbonyl (C=O) groups excluding carboxylic acids is 2. The summed E-state index contributed by atoms with van der Waals surface area (Å²) >= 11 is 0. The predicted molar refractivity (Wildman–Crippen MR) is 192 cm³/mol. The maximum atomic E-state index is 13.8. The third-order valence-electron chi connectivity index (χ3n) is 9.39. The second-order valence-electron chi connectivity index (χ2n) is 12.4. The number of nitrogens with two attached hydrogens (primary N) is 1. The van der Waals surface area contributed by atoms with Crippen LogP contribution in [-0.4, -0.2) is 67.5 Å². The Balaban J connectivity index is 1.03. The van der Waals surface area contributed by atoms with Crippen LogP contribution in [0.5, 0.6) is 28.7 Å². The average molecular weight is 684 g/mol. The lowest BCUT2D eigenvalue weighted by atomic mass is 10.0. The number of hydrogen-bond donors (Lipinski definition) is 1. The number of hydrogen-bond acceptors (Lipinski definition) is 10. The summed E-state index contributed by atoms with van der Waals surface area (Å²) in [5.74, 6) is 1.24. The van der Waals surface area contributed by atoms with E-state index < -0.39 is 0 Å². The number of benzene rings is 4. The summed E-state index contributed by atoms with van der Waals surface area (Å²) in [7, 11) is 4.57. The topological polar surface area (TPSA) is 138 Å². The maximum absolute atomic E-state index is 13.8. The third kappa shape index (κ3) is 5.70. The molecule has 4 aliphatic rings. The van der Waals surface area contributed by atoms with E-state index in [2.05, 4.69) is 9.98 Å². The molecule has 0 spiro atoms. The van der Waals surface area contributed by atoms with E-state index >= 15 is 0 Å². The van der Waals surface area contributed by atoms with E-state index in [9.17, 15) is 9.59 Å². The number of fused-ring (bicyclic) bond motifs is 4. The quantitative estimate of drug-likeness (QED) is 0.124. The van der Waals surface area contributed by atoms with Gasteiger partial charge in [-0.15, -0.1) is 0 Å². The molecule has 2 amide bonds. The molecule has 0 unspecified atom stereocenters. The van der Waals surface area contributed by atoms with Crippen LogP contribution in [0.4, 0.5) is 17.1 Å². The van der Waals surface area contributed by atoms with Crippen molar-refractivity contribution in [3.8, 4) is 28.7 Å². The summed E-state index contributed by atoms with van der Waals surface area (Å²) in [6.07, 6.45) is 8.47. The van der Waals surface area contributed by atoms with Gasteiger partial charge in [0.2, 0.25) is 11.5 Å². The molecule has 8 rings (SSSR count). The third-order valence-corrected chi connectivity index (χ3v) is 9.39. The Morgan fingerprint density at radius 3 is 1.49 bits per heavy atom. The van der Waals surface area contributed by atoms with Gasteiger partial charge in [-0.05, 0) is 58.7 Å². The number of anilines is 1. The van der Waals surface area contributed by atoms with Gasteiger partial charge in [-0.3, -0.25) is 29.3 Å². The van der Waals surface area contributed by atoms with Crippen LogP contribution in [0.15, 0.2) is 95.2 Å². The van der Waals surface area contributed by atoms with Gasteiger partial charge >= 0.3 is 0 Å². The van der Waals surface area contributed by atoms with Gasteiger partial charge in [-0.25, -0.2) is 0 Å². The van der Waals surface area contributed by atoms with E-state index in [1.165, 1.54) is 14.2 Å². The van der Waals surface area contributed by atoms with Crippen molar-refractivity contribution in [2.75, 3.05) is 27.1 Å². The SMILES string of the molecule is COc1ccc(C2=CN3C(=O)c4cc(OC)c(OOc5cc6c(cc5OC)C(=O)N5C=C(c7ccc(N)cc7)C[C@H]5C=N6)cc4N=C[C@@H]3C2)cc1. The minimum absolute atomic E-state index is 0.190. The fourth-order valence-electron chi connectivity index (χ4n) is 6.64. The van der Waals surface area contributed by atoms with Gasteiger partial charge in [-0.1, -0.05) is 24.3 Å². The Morgan fingerprint density at radius 1 is 0.608 bits per heavy atom. The van der Waals surface area contributed by atoms with Crippen molar-refractivity contribution in [2.24, 2.45) is 9.98 Å². The molecule has 51 heavy (non-hydrogen) atoms. The standard InChI is InChI=1S/C39H33N5O7/c1-47-29-10-6-23(7-11-29)25-13-28-19-42-33-17-37(35(49-3)15-31(33)39(46)44(28)21-25)51-50-36-16-32-30(14-34(36)48-2)38(45)43-20-24(12-27(43)18-41-32)22-4-8-26(40)9-5-22/h4-11,14-21,27-28H,12-13,40H2,1-3H3/t27-,28-/m0/s1. The summed E-state index contributed by atoms with van der Waals surface area (Å²) in [4.78, 5) is 51.8. The predicted octanol–water partition coefficient (Wildman–Crippen LogP) is 6.61. The van der Waals surface area contributed by atoms with Crippen molar-refractivity contribution in [1.29, 1.82) is 0 Å². The van der Waals surface area contributed by atoms with Gasteiger partial charge in [0.1, 0.15) is 5.75 Å². The molecule has 0 fully saturated rings. The summed E-state index contributed by atoms with van der Waals surface area (Å²) in [5.41, 5.74) is 12.1. The van der Waals surface area contributed by atoms with E-state index in [1.807, 2.05) is 60.9 Å². The summed E-state index contributed by atoms with van der Waals surface area (Å²) in [6.45, 7) is 0. The van der Waals surface area contributed by atoms with Crippen LogP contribution in [0, 0.1) is 0 Å². The molecular weight excluding hydrogens is 650 g/mol. The number of methoxy groups -OCH3 is 3. The minimum Gasteiger partial charge on any atom is -0.497 e. The highest BCUT2D eigenvalue weighted by atomic mass is 17.2. The van der Waals surface area contributed by atoms with E-state index in [0.29, 0.717) is 41.0 Å². The van der Waals surface area contributed by atoms with Crippen LogP contribution >= 0.6 is 0 Å². The number of nitrogens with zero attached hydrogens (tertiary/aromatic N) is 4. The molecule has 4 aliphatic heterocycles. The van der Waals surface area contributed by atoms with Crippen LogP contribution in [0.3, 0.4) is 0 Å². The van der Waals surface area contributed by atoms with Crippen molar-refractivity contribution in [1.82, 2.24) is 9.80 Å². The molecule has 2 N–H and O–H groups in total. The molecule has 256 valence electrons. The fraction of sp³-hybridized carbons (Fsp3) is 0.179. The number of nitrogen functional groups attached to an aromatic ring is 1. The highest BCUT2D eigenvalue weighted by Crippen LogP contribution is 2.43. The largest absolute Gasteiger partial charge is 0.497 e. The summed E-state index contributed by atoms with van der Waals surface area (Å²) < 4.78 is 16.5. The Hall–Kier alpha value is -6.56. The van der Waals surface area contributed by atoms with Crippen molar-refractivity contribution in [3.05, 3.63) is 107 Å². The van der Waals surface area contributed by atoms with Crippen LogP contribution < -0.4 is 29.7 Å². The lowest BCUT2D eigenvalue weighted by molar-refractivity contribution is -0.103. The van der Waals surface area contributed by atoms with Crippen LogP contribution in [0.1, 0.15) is 44.7 Å². The smallest absolute Gasteiger partial charge is 0.260 e. The number of carbonyl (C=O) groups is 2.